The fourth-order valence-electron chi connectivity index (χ4n) is 0.554. The molecule has 6 heteroatoms. The van der Waals surface area contributed by atoms with E-state index in [4.69, 9.17) is 0 Å². The van der Waals surface area contributed by atoms with Crippen molar-refractivity contribution in [3.05, 3.63) is 0 Å². The highest BCUT2D eigenvalue weighted by atomic mass is 19.3. The van der Waals surface area contributed by atoms with Crippen LogP contribution in [0.2, 0.25) is 0 Å². The van der Waals surface area contributed by atoms with E-state index in [-0.39, 0.29) is 12.7 Å². The Morgan fingerprint density at radius 3 is 2.50 bits per heavy atom. The number of alkyl halides is 4. The second-order valence-corrected chi connectivity index (χ2v) is 2.53. The molecular weight excluding hydrogens is 180 g/mol. The molecule has 0 N–H and O–H groups in total. The summed E-state index contributed by atoms with van der Waals surface area (Å²) < 4.78 is 56.1. The SMILES string of the molecule is FC(F)C(F)(F)COCC1CO1. The predicted octanol–water partition coefficient (Wildman–Crippen LogP) is 1.30. The number of hydrogen-bond acceptors (Lipinski definition) is 2. The second-order valence-electron chi connectivity index (χ2n) is 2.53. The number of rotatable bonds is 5. The summed E-state index contributed by atoms with van der Waals surface area (Å²) in [4.78, 5) is 0. The first kappa shape index (κ1) is 9.73. The Morgan fingerprint density at radius 2 is 2.08 bits per heavy atom. The Morgan fingerprint density at radius 1 is 1.50 bits per heavy atom. The third-order valence-corrected chi connectivity index (χ3v) is 1.32. The van der Waals surface area contributed by atoms with Gasteiger partial charge in [0.2, 0.25) is 0 Å². The Bertz CT molecular complexity index is 146. The maximum absolute atomic E-state index is 12.1. The number of halogens is 4. The molecular formula is C6H8F4O2. The Balaban J connectivity index is 2.10. The molecule has 0 amide bonds. The molecule has 0 aromatic heterocycles. The van der Waals surface area contributed by atoms with Crippen molar-refractivity contribution in [1.82, 2.24) is 0 Å². The number of hydrogen-bond donors (Lipinski definition) is 0. The Labute approximate surface area is 66.4 Å². The zero-order chi connectivity index (χ0) is 9.19. The van der Waals surface area contributed by atoms with Crippen LogP contribution in [0.5, 0.6) is 0 Å². The summed E-state index contributed by atoms with van der Waals surface area (Å²) in [5, 5.41) is 0. The van der Waals surface area contributed by atoms with Gasteiger partial charge in [-0.2, -0.15) is 8.78 Å². The zero-order valence-corrected chi connectivity index (χ0v) is 6.10. The largest absolute Gasteiger partial charge is 0.372 e. The number of epoxide rings is 1. The number of ether oxygens (including phenoxy) is 2. The smallest absolute Gasteiger partial charge is 0.330 e. The van der Waals surface area contributed by atoms with E-state index in [1.807, 2.05) is 0 Å². The van der Waals surface area contributed by atoms with Gasteiger partial charge in [0.1, 0.15) is 12.7 Å². The van der Waals surface area contributed by atoms with Crippen molar-refractivity contribution in [2.75, 3.05) is 19.8 Å². The van der Waals surface area contributed by atoms with Crippen molar-refractivity contribution in [3.63, 3.8) is 0 Å². The van der Waals surface area contributed by atoms with Gasteiger partial charge in [-0.1, -0.05) is 0 Å². The Kier molecular flexibility index (Phi) is 2.89. The summed E-state index contributed by atoms with van der Waals surface area (Å²) in [5.74, 6) is -4.05. The van der Waals surface area contributed by atoms with Crippen LogP contribution in [-0.4, -0.2) is 38.3 Å². The molecule has 12 heavy (non-hydrogen) atoms. The van der Waals surface area contributed by atoms with Gasteiger partial charge in [0, 0.05) is 0 Å². The lowest BCUT2D eigenvalue weighted by Gasteiger charge is -2.14. The summed E-state index contributed by atoms with van der Waals surface area (Å²) in [5.41, 5.74) is 0. The van der Waals surface area contributed by atoms with Crippen molar-refractivity contribution in [2.24, 2.45) is 0 Å². The van der Waals surface area contributed by atoms with Crippen molar-refractivity contribution < 1.29 is 27.0 Å². The van der Waals surface area contributed by atoms with E-state index in [0.29, 0.717) is 6.61 Å². The molecule has 1 aliphatic heterocycles. The third kappa shape index (κ3) is 2.94. The van der Waals surface area contributed by atoms with Gasteiger partial charge in [0.25, 0.3) is 0 Å². The molecule has 1 atom stereocenters. The van der Waals surface area contributed by atoms with Crippen LogP contribution in [0.3, 0.4) is 0 Å². The summed E-state index contributed by atoms with van der Waals surface area (Å²) in [6, 6.07) is 0. The monoisotopic (exact) mass is 188 g/mol. The van der Waals surface area contributed by atoms with Gasteiger partial charge in [-0.3, -0.25) is 0 Å². The standard InChI is InChI=1S/C6H8F4O2/c7-5(8)6(9,10)3-11-1-4-2-12-4/h4-5H,1-3H2. The molecule has 1 saturated heterocycles. The van der Waals surface area contributed by atoms with Crippen molar-refractivity contribution in [2.45, 2.75) is 18.5 Å². The van der Waals surface area contributed by atoms with Crippen LogP contribution < -0.4 is 0 Å². The highest BCUT2D eigenvalue weighted by molar-refractivity contribution is 4.71. The van der Waals surface area contributed by atoms with E-state index in [1.165, 1.54) is 0 Å². The summed E-state index contributed by atoms with van der Waals surface area (Å²) in [6.45, 7) is -0.826. The first-order valence-electron chi connectivity index (χ1n) is 3.37. The summed E-state index contributed by atoms with van der Waals surface area (Å²) >= 11 is 0. The van der Waals surface area contributed by atoms with E-state index >= 15 is 0 Å². The summed E-state index contributed by atoms with van der Waals surface area (Å²) in [7, 11) is 0. The highest BCUT2D eigenvalue weighted by Crippen LogP contribution is 2.23. The maximum Gasteiger partial charge on any atom is 0.330 e. The molecule has 1 aliphatic rings. The molecule has 1 unspecified atom stereocenters. The van der Waals surface area contributed by atoms with Crippen LogP contribution in [-0.2, 0) is 9.47 Å². The van der Waals surface area contributed by atoms with Crippen LogP contribution in [0.1, 0.15) is 0 Å². The molecule has 1 heterocycles. The molecule has 1 fully saturated rings. The summed E-state index contributed by atoms with van der Waals surface area (Å²) in [6.07, 6.45) is -3.85. The first-order valence-corrected chi connectivity index (χ1v) is 3.37. The molecule has 0 aromatic rings. The minimum absolute atomic E-state index is 0.0394. The van der Waals surface area contributed by atoms with Crippen LogP contribution in [0, 0.1) is 0 Å². The second kappa shape index (κ2) is 3.57. The van der Waals surface area contributed by atoms with Gasteiger partial charge in [0.15, 0.2) is 0 Å². The topological polar surface area (TPSA) is 21.8 Å². The fraction of sp³-hybridized carbons (Fsp3) is 1.00. The molecule has 0 aliphatic carbocycles. The lowest BCUT2D eigenvalue weighted by atomic mass is 10.4. The van der Waals surface area contributed by atoms with E-state index in [0.717, 1.165) is 0 Å². The average Bonchev–Trinajstić information content (AvgIpc) is 2.70. The van der Waals surface area contributed by atoms with Gasteiger partial charge < -0.3 is 9.47 Å². The van der Waals surface area contributed by atoms with Gasteiger partial charge in [-0.05, 0) is 0 Å². The molecule has 0 bridgehead atoms. The maximum atomic E-state index is 12.1. The highest BCUT2D eigenvalue weighted by Gasteiger charge is 2.41. The quantitative estimate of drug-likeness (QED) is 0.479. The van der Waals surface area contributed by atoms with E-state index in [2.05, 4.69) is 9.47 Å². The van der Waals surface area contributed by atoms with Crippen molar-refractivity contribution in [1.29, 1.82) is 0 Å². The first-order chi connectivity index (χ1) is 5.52. The van der Waals surface area contributed by atoms with Gasteiger partial charge in [-0.15, -0.1) is 0 Å². The lowest BCUT2D eigenvalue weighted by molar-refractivity contribution is -0.166. The lowest BCUT2D eigenvalue weighted by Crippen LogP contribution is -2.32. The van der Waals surface area contributed by atoms with Crippen molar-refractivity contribution in [3.8, 4) is 0 Å². The minimum Gasteiger partial charge on any atom is -0.372 e. The normalized spacial score (nSPS) is 23.2. The van der Waals surface area contributed by atoms with Crippen LogP contribution in [0.4, 0.5) is 17.6 Å². The van der Waals surface area contributed by atoms with E-state index < -0.39 is 19.0 Å². The zero-order valence-electron chi connectivity index (χ0n) is 6.10. The molecule has 2 nitrogen and oxygen atoms in total. The molecule has 1 rings (SSSR count). The molecule has 0 aromatic carbocycles. The van der Waals surface area contributed by atoms with Gasteiger partial charge >= 0.3 is 12.3 Å². The van der Waals surface area contributed by atoms with Gasteiger partial charge in [-0.25, -0.2) is 8.78 Å². The van der Waals surface area contributed by atoms with E-state index in [9.17, 15) is 17.6 Å². The molecule has 72 valence electrons. The van der Waals surface area contributed by atoms with Crippen LogP contribution >= 0.6 is 0 Å². The van der Waals surface area contributed by atoms with E-state index in [1.54, 1.807) is 0 Å². The van der Waals surface area contributed by atoms with Crippen LogP contribution in [0.15, 0.2) is 0 Å². The van der Waals surface area contributed by atoms with Crippen LogP contribution in [0.25, 0.3) is 0 Å². The third-order valence-electron chi connectivity index (χ3n) is 1.32. The minimum atomic E-state index is -4.05. The molecule has 0 saturated carbocycles. The average molecular weight is 188 g/mol. The predicted molar refractivity (Wildman–Crippen MR) is 31.5 cm³/mol. The van der Waals surface area contributed by atoms with Crippen molar-refractivity contribution >= 4 is 0 Å². The Hall–Kier alpha value is -0.360. The van der Waals surface area contributed by atoms with Gasteiger partial charge in [0.05, 0.1) is 13.2 Å². The molecule has 0 radical (unpaired) electrons. The fourth-order valence-corrected chi connectivity index (χ4v) is 0.554. The molecule has 0 spiro atoms.